The predicted octanol–water partition coefficient (Wildman–Crippen LogP) is 1.02. The molecule has 62 valence electrons. The number of pyridine rings is 1. The third-order valence-electron chi connectivity index (χ3n) is 1.69. The van der Waals surface area contributed by atoms with Crippen LogP contribution in [-0.2, 0) is 7.05 Å². The monoisotopic (exact) mass is 227 g/mol. The Morgan fingerprint density at radius 1 is 1.67 bits per heavy atom. The van der Waals surface area contributed by atoms with Crippen LogP contribution in [0.2, 0.25) is 0 Å². The Kier molecular flexibility index (Phi) is 1.54. The standard InChI is InChI=1S/C7H6BrN3O/c1-11-3-2-4-5(6(11)12)10-7(8)9-4/h2-3H,1H3,(H,9,10). The maximum Gasteiger partial charge on any atom is 0.278 e. The lowest BCUT2D eigenvalue weighted by Crippen LogP contribution is -2.15. The first-order valence-corrected chi connectivity index (χ1v) is 4.18. The van der Waals surface area contributed by atoms with E-state index in [1.54, 1.807) is 13.2 Å². The van der Waals surface area contributed by atoms with Gasteiger partial charge in [0.25, 0.3) is 5.56 Å². The van der Waals surface area contributed by atoms with Crippen molar-refractivity contribution in [1.82, 2.24) is 14.5 Å². The summed E-state index contributed by atoms with van der Waals surface area (Å²) >= 11 is 3.17. The van der Waals surface area contributed by atoms with Gasteiger partial charge >= 0.3 is 0 Å². The van der Waals surface area contributed by atoms with Gasteiger partial charge in [0.05, 0.1) is 5.52 Å². The number of imidazole rings is 1. The van der Waals surface area contributed by atoms with E-state index in [-0.39, 0.29) is 5.56 Å². The molecule has 1 N–H and O–H groups in total. The Morgan fingerprint density at radius 2 is 2.42 bits per heavy atom. The normalized spacial score (nSPS) is 10.8. The summed E-state index contributed by atoms with van der Waals surface area (Å²) in [5, 5.41) is 0. The number of fused-ring (bicyclic) bond motifs is 1. The third-order valence-corrected chi connectivity index (χ3v) is 2.07. The van der Waals surface area contributed by atoms with Crippen molar-refractivity contribution in [3.63, 3.8) is 0 Å². The lowest BCUT2D eigenvalue weighted by atomic mass is 10.4. The summed E-state index contributed by atoms with van der Waals surface area (Å²) in [7, 11) is 1.70. The number of aromatic nitrogens is 3. The molecule has 0 bridgehead atoms. The number of hydrogen-bond donors (Lipinski definition) is 1. The number of halogens is 1. The molecule has 2 aromatic heterocycles. The topological polar surface area (TPSA) is 50.7 Å². The minimum Gasteiger partial charge on any atom is -0.332 e. The average Bonchev–Trinajstić information content (AvgIpc) is 2.39. The van der Waals surface area contributed by atoms with E-state index in [1.807, 2.05) is 6.07 Å². The first-order chi connectivity index (χ1) is 5.68. The van der Waals surface area contributed by atoms with E-state index in [9.17, 15) is 4.79 Å². The number of aromatic amines is 1. The number of H-pyrrole nitrogens is 1. The van der Waals surface area contributed by atoms with Crippen LogP contribution < -0.4 is 5.56 Å². The highest BCUT2D eigenvalue weighted by molar-refractivity contribution is 9.10. The van der Waals surface area contributed by atoms with Crippen molar-refractivity contribution in [2.45, 2.75) is 0 Å². The molecule has 0 unspecified atom stereocenters. The molecule has 0 aromatic carbocycles. The molecule has 0 aliphatic rings. The molecule has 2 rings (SSSR count). The molecule has 4 nitrogen and oxygen atoms in total. The van der Waals surface area contributed by atoms with Gasteiger partial charge in [0, 0.05) is 13.2 Å². The van der Waals surface area contributed by atoms with Gasteiger partial charge in [0.15, 0.2) is 10.3 Å². The average molecular weight is 228 g/mol. The maximum atomic E-state index is 11.4. The number of nitrogens with one attached hydrogen (secondary N) is 1. The summed E-state index contributed by atoms with van der Waals surface area (Å²) < 4.78 is 2.08. The smallest absolute Gasteiger partial charge is 0.278 e. The fraction of sp³-hybridized carbons (Fsp3) is 0.143. The highest BCUT2D eigenvalue weighted by Crippen LogP contribution is 2.09. The van der Waals surface area contributed by atoms with Crippen LogP contribution in [0.25, 0.3) is 11.0 Å². The van der Waals surface area contributed by atoms with Crippen LogP contribution in [0.4, 0.5) is 0 Å². The number of aryl methyl sites for hydroxylation is 1. The first-order valence-electron chi connectivity index (χ1n) is 3.39. The van der Waals surface area contributed by atoms with Gasteiger partial charge in [-0.25, -0.2) is 4.98 Å². The van der Waals surface area contributed by atoms with Crippen molar-refractivity contribution >= 4 is 27.0 Å². The Bertz CT molecular complexity index is 485. The zero-order valence-electron chi connectivity index (χ0n) is 6.34. The molecular weight excluding hydrogens is 222 g/mol. The molecule has 12 heavy (non-hydrogen) atoms. The minimum atomic E-state index is -0.0885. The molecule has 0 amide bonds. The fourth-order valence-corrected chi connectivity index (χ4v) is 1.45. The van der Waals surface area contributed by atoms with Crippen LogP contribution in [0, 0.1) is 0 Å². The highest BCUT2D eigenvalue weighted by Gasteiger charge is 2.04. The van der Waals surface area contributed by atoms with Crippen LogP contribution >= 0.6 is 15.9 Å². The van der Waals surface area contributed by atoms with Crippen molar-refractivity contribution in [1.29, 1.82) is 0 Å². The van der Waals surface area contributed by atoms with Crippen molar-refractivity contribution in [3.05, 3.63) is 27.4 Å². The van der Waals surface area contributed by atoms with Gasteiger partial charge in [-0.3, -0.25) is 4.79 Å². The molecule has 2 heterocycles. The summed E-state index contributed by atoms with van der Waals surface area (Å²) in [6.45, 7) is 0. The molecule has 0 radical (unpaired) electrons. The van der Waals surface area contributed by atoms with E-state index in [0.717, 1.165) is 5.52 Å². The molecule has 0 saturated heterocycles. The second kappa shape index (κ2) is 2.45. The first kappa shape index (κ1) is 7.54. The van der Waals surface area contributed by atoms with Gasteiger partial charge in [-0.1, -0.05) is 0 Å². The van der Waals surface area contributed by atoms with Gasteiger partial charge in [0.1, 0.15) is 0 Å². The second-order valence-electron chi connectivity index (χ2n) is 2.52. The zero-order chi connectivity index (χ0) is 8.72. The summed E-state index contributed by atoms with van der Waals surface area (Å²) in [5.74, 6) is 0. The Hall–Kier alpha value is -1.10. The van der Waals surface area contributed by atoms with Crippen LogP contribution in [-0.4, -0.2) is 14.5 Å². The van der Waals surface area contributed by atoms with E-state index in [1.165, 1.54) is 4.57 Å². The molecular formula is C7H6BrN3O. The van der Waals surface area contributed by atoms with Crippen LogP contribution in [0.15, 0.2) is 21.8 Å². The lowest BCUT2D eigenvalue weighted by Gasteiger charge is -1.93. The predicted molar refractivity (Wildman–Crippen MR) is 49.0 cm³/mol. The van der Waals surface area contributed by atoms with E-state index in [4.69, 9.17) is 0 Å². The number of nitrogens with zero attached hydrogens (tertiary/aromatic N) is 2. The van der Waals surface area contributed by atoms with Crippen molar-refractivity contribution in [2.24, 2.45) is 7.05 Å². The highest BCUT2D eigenvalue weighted by atomic mass is 79.9. The molecule has 0 saturated carbocycles. The van der Waals surface area contributed by atoms with Crippen molar-refractivity contribution < 1.29 is 0 Å². The second-order valence-corrected chi connectivity index (χ2v) is 3.27. The SMILES string of the molecule is Cn1ccc2[nH]c(Br)nc2c1=O. The molecule has 5 heteroatoms. The van der Waals surface area contributed by atoms with Crippen LogP contribution in [0.1, 0.15) is 0 Å². The Balaban J connectivity index is 2.99. The summed E-state index contributed by atoms with van der Waals surface area (Å²) in [6, 6.07) is 1.81. The van der Waals surface area contributed by atoms with Crippen molar-refractivity contribution in [2.75, 3.05) is 0 Å². The largest absolute Gasteiger partial charge is 0.332 e. The summed E-state index contributed by atoms with van der Waals surface area (Å²) in [5.41, 5.74) is 1.13. The zero-order valence-corrected chi connectivity index (χ0v) is 7.92. The van der Waals surface area contributed by atoms with Crippen LogP contribution in [0.5, 0.6) is 0 Å². The quantitative estimate of drug-likeness (QED) is 0.731. The van der Waals surface area contributed by atoms with Gasteiger partial charge in [-0.15, -0.1) is 0 Å². The van der Waals surface area contributed by atoms with Crippen molar-refractivity contribution in [3.8, 4) is 0 Å². The van der Waals surface area contributed by atoms with E-state index >= 15 is 0 Å². The third kappa shape index (κ3) is 0.972. The van der Waals surface area contributed by atoms with Crippen LogP contribution in [0.3, 0.4) is 0 Å². The van der Waals surface area contributed by atoms with E-state index < -0.39 is 0 Å². The van der Waals surface area contributed by atoms with E-state index in [2.05, 4.69) is 25.9 Å². The number of rotatable bonds is 0. The Morgan fingerprint density at radius 3 is 3.17 bits per heavy atom. The lowest BCUT2D eigenvalue weighted by molar-refractivity contribution is 0.870. The molecule has 0 aliphatic carbocycles. The van der Waals surface area contributed by atoms with Gasteiger partial charge in [-0.2, -0.15) is 0 Å². The van der Waals surface area contributed by atoms with Gasteiger partial charge < -0.3 is 9.55 Å². The maximum absolute atomic E-state index is 11.4. The van der Waals surface area contributed by atoms with E-state index in [0.29, 0.717) is 10.3 Å². The Labute approximate surface area is 76.4 Å². The molecule has 2 aromatic rings. The summed E-state index contributed by atoms with van der Waals surface area (Å²) in [4.78, 5) is 18.3. The minimum absolute atomic E-state index is 0.0885. The van der Waals surface area contributed by atoms with Gasteiger partial charge in [-0.05, 0) is 22.0 Å². The van der Waals surface area contributed by atoms with Gasteiger partial charge in [0.2, 0.25) is 0 Å². The fourth-order valence-electron chi connectivity index (χ4n) is 1.06. The molecule has 0 spiro atoms. The number of hydrogen-bond acceptors (Lipinski definition) is 2. The molecule has 0 atom stereocenters. The summed E-state index contributed by atoms with van der Waals surface area (Å²) in [6.07, 6.45) is 1.70. The molecule has 0 fully saturated rings. The molecule has 0 aliphatic heterocycles.